The van der Waals surface area contributed by atoms with Crippen LogP contribution in [0.25, 0.3) is 0 Å². The molecule has 1 aliphatic rings. The predicted octanol–water partition coefficient (Wildman–Crippen LogP) is 1.13. The van der Waals surface area contributed by atoms with E-state index in [1.165, 1.54) is 0 Å². The maximum absolute atomic E-state index is 5.60. The van der Waals surface area contributed by atoms with Crippen LogP contribution in [0.2, 0.25) is 0 Å². The van der Waals surface area contributed by atoms with Crippen molar-refractivity contribution in [1.29, 1.82) is 0 Å². The first-order valence-electron chi connectivity index (χ1n) is 2.82. The van der Waals surface area contributed by atoms with Crippen LogP contribution in [0, 0.1) is 0 Å². The molecule has 0 amide bonds. The summed E-state index contributed by atoms with van der Waals surface area (Å²) in [5.74, 6) is 0. The summed E-state index contributed by atoms with van der Waals surface area (Å²) in [5.41, 5.74) is -0.525. The number of ether oxygens (including phenoxy) is 1. The van der Waals surface area contributed by atoms with Gasteiger partial charge in [-0.05, 0) is 6.92 Å². The van der Waals surface area contributed by atoms with Gasteiger partial charge in [-0.15, -0.1) is 23.2 Å². The minimum atomic E-state index is -0.525. The van der Waals surface area contributed by atoms with E-state index in [-0.39, 0.29) is 0 Å². The van der Waals surface area contributed by atoms with Gasteiger partial charge in [-0.1, -0.05) is 0 Å². The van der Waals surface area contributed by atoms with Crippen molar-refractivity contribution in [2.45, 2.75) is 17.5 Å². The quantitative estimate of drug-likeness (QED) is 0.595. The third-order valence-corrected chi connectivity index (χ3v) is 2.23. The van der Waals surface area contributed by atoms with Crippen molar-refractivity contribution in [3.05, 3.63) is 0 Å². The van der Waals surface area contributed by atoms with Gasteiger partial charge < -0.3 is 4.74 Å². The summed E-state index contributed by atoms with van der Waals surface area (Å²) in [6.45, 7) is 3.35. The van der Waals surface area contributed by atoms with Crippen LogP contribution in [0.15, 0.2) is 0 Å². The molecule has 0 aromatic carbocycles. The van der Waals surface area contributed by atoms with Gasteiger partial charge in [-0.2, -0.15) is 0 Å². The Morgan fingerprint density at radius 1 is 1.67 bits per heavy atom. The largest absolute Gasteiger partial charge is 0.357 e. The summed E-state index contributed by atoms with van der Waals surface area (Å²) >= 11 is 11.2. The fourth-order valence-electron chi connectivity index (χ4n) is 0.753. The molecule has 1 unspecified atom stereocenters. The van der Waals surface area contributed by atoms with Gasteiger partial charge in [0, 0.05) is 6.54 Å². The monoisotopic (exact) mass is 169 g/mol. The SMILES string of the molecule is CC1(C(Cl)Cl)NCCO1. The molecule has 1 fully saturated rings. The van der Waals surface area contributed by atoms with Crippen molar-refractivity contribution in [1.82, 2.24) is 5.32 Å². The van der Waals surface area contributed by atoms with Crippen LogP contribution in [0.4, 0.5) is 0 Å². The molecule has 1 aliphatic heterocycles. The van der Waals surface area contributed by atoms with Gasteiger partial charge in [0.2, 0.25) is 0 Å². The fourth-order valence-corrected chi connectivity index (χ4v) is 1.03. The predicted molar refractivity (Wildman–Crippen MR) is 37.9 cm³/mol. The highest BCUT2D eigenvalue weighted by Crippen LogP contribution is 2.23. The molecule has 0 aromatic rings. The summed E-state index contributed by atoms with van der Waals surface area (Å²) in [6.07, 6.45) is 0. The standard InChI is InChI=1S/C5H9Cl2NO/c1-5(4(6)7)8-2-3-9-5/h4,8H,2-3H2,1H3. The minimum Gasteiger partial charge on any atom is -0.357 e. The second-order valence-corrected chi connectivity index (χ2v) is 3.28. The molecule has 2 nitrogen and oxygen atoms in total. The summed E-state index contributed by atoms with van der Waals surface area (Å²) in [4.78, 5) is -0.500. The Labute approximate surface area is 64.5 Å². The second-order valence-electron chi connectivity index (χ2n) is 2.18. The number of rotatable bonds is 1. The molecule has 4 heteroatoms. The Balaban J connectivity index is 2.51. The molecule has 1 heterocycles. The van der Waals surface area contributed by atoms with Crippen LogP contribution in [0.3, 0.4) is 0 Å². The summed E-state index contributed by atoms with van der Waals surface area (Å²) in [5, 5.41) is 3.05. The van der Waals surface area contributed by atoms with Gasteiger partial charge in [0.15, 0.2) is 0 Å². The molecule has 1 atom stereocenters. The van der Waals surface area contributed by atoms with Crippen LogP contribution in [0.1, 0.15) is 6.92 Å². The van der Waals surface area contributed by atoms with Gasteiger partial charge in [0.25, 0.3) is 0 Å². The van der Waals surface area contributed by atoms with E-state index >= 15 is 0 Å². The lowest BCUT2D eigenvalue weighted by molar-refractivity contribution is 0.0183. The molecule has 0 aliphatic carbocycles. The fraction of sp³-hybridized carbons (Fsp3) is 1.00. The third-order valence-electron chi connectivity index (χ3n) is 1.40. The average Bonchev–Trinajstić information content (AvgIpc) is 2.16. The number of nitrogens with one attached hydrogen (secondary N) is 1. The molecular weight excluding hydrogens is 161 g/mol. The normalized spacial score (nSPS) is 36.0. The van der Waals surface area contributed by atoms with Gasteiger partial charge >= 0.3 is 0 Å². The van der Waals surface area contributed by atoms with Crippen molar-refractivity contribution in [3.63, 3.8) is 0 Å². The number of hydrogen-bond acceptors (Lipinski definition) is 2. The minimum absolute atomic E-state index is 0.500. The van der Waals surface area contributed by atoms with Gasteiger partial charge in [0.05, 0.1) is 6.61 Å². The first kappa shape index (κ1) is 7.61. The average molecular weight is 170 g/mol. The maximum Gasteiger partial charge on any atom is 0.149 e. The van der Waals surface area contributed by atoms with Crippen LogP contribution in [0.5, 0.6) is 0 Å². The number of hydrogen-bond donors (Lipinski definition) is 1. The van der Waals surface area contributed by atoms with Gasteiger partial charge in [0.1, 0.15) is 10.6 Å². The zero-order valence-electron chi connectivity index (χ0n) is 5.16. The number of halogens is 2. The van der Waals surface area contributed by atoms with Crippen molar-refractivity contribution >= 4 is 23.2 Å². The summed E-state index contributed by atoms with van der Waals surface area (Å²) < 4.78 is 5.23. The van der Waals surface area contributed by atoms with Gasteiger partial charge in [-0.3, -0.25) is 5.32 Å². The first-order chi connectivity index (χ1) is 4.15. The molecule has 0 bridgehead atoms. The molecule has 1 rings (SSSR count). The molecule has 0 spiro atoms. The molecule has 1 N–H and O–H groups in total. The van der Waals surface area contributed by atoms with Crippen molar-refractivity contribution in [2.75, 3.05) is 13.2 Å². The van der Waals surface area contributed by atoms with E-state index in [2.05, 4.69) is 5.32 Å². The molecule has 1 saturated heterocycles. The Bertz CT molecular complexity index is 101. The van der Waals surface area contributed by atoms with Crippen LogP contribution in [-0.2, 0) is 4.74 Å². The lowest BCUT2D eigenvalue weighted by Crippen LogP contribution is -2.43. The van der Waals surface area contributed by atoms with Crippen molar-refractivity contribution in [3.8, 4) is 0 Å². The topological polar surface area (TPSA) is 21.3 Å². The molecular formula is C5H9Cl2NO. The van der Waals surface area contributed by atoms with Crippen LogP contribution >= 0.6 is 23.2 Å². The van der Waals surface area contributed by atoms with E-state index < -0.39 is 10.6 Å². The molecule has 54 valence electrons. The van der Waals surface area contributed by atoms with Crippen molar-refractivity contribution < 1.29 is 4.74 Å². The van der Waals surface area contributed by atoms with E-state index in [1.54, 1.807) is 0 Å². The first-order valence-corrected chi connectivity index (χ1v) is 3.69. The highest BCUT2D eigenvalue weighted by atomic mass is 35.5. The third kappa shape index (κ3) is 1.49. The highest BCUT2D eigenvalue weighted by Gasteiger charge is 2.35. The Morgan fingerprint density at radius 3 is 2.56 bits per heavy atom. The van der Waals surface area contributed by atoms with Crippen LogP contribution in [-0.4, -0.2) is 23.7 Å². The lowest BCUT2D eigenvalue weighted by atomic mass is 10.3. The zero-order chi connectivity index (χ0) is 6.91. The number of alkyl halides is 2. The molecule has 9 heavy (non-hydrogen) atoms. The Kier molecular flexibility index (Phi) is 2.22. The van der Waals surface area contributed by atoms with E-state index in [1.807, 2.05) is 6.92 Å². The van der Waals surface area contributed by atoms with E-state index in [0.717, 1.165) is 6.54 Å². The highest BCUT2D eigenvalue weighted by molar-refractivity contribution is 6.45. The van der Waals surface area contributed by atoms with Crippen LogP contribution < -0.4 is 5.32 Å². The zero-order valence-corrected chi connectivity index (χ0v) is 6.67. The molecule has 0 saturated carbocycles. The summed E-state index contributed by atoms with van der Waals surface area (Å²) in [6, 6.07) is 0. The Hall–Kier alpha value is 0.500. The second kappa shape index (κ2) is 2.62. The Morgan fingerprint density at radius 2 is 2.33 bits per heavy atom. The maximum atomic E-state index is 5.60. The van der Waals surface area contributed by atoms with Crippen molar-refractivity contribution in [2.24, 2.45) is 0 Å². The summed E-state index contributed by atoms with van der Waals surface area (Å²) in [7, 11) is 0. The van der Waals surface area contributed by atoms with E-state index in [0.29, 0.717) is 6.61 Å². The molecule has 0 radical (unpaired) electrons. The smallest absolute Gasteiger partial charge is 0.149 e. The lowest BCUT2D eigenvalue weighted by Gasteiger charge is -2.24. The molecule has 0 aromatic heterocycles. The van der Waals surface area contributed by atoms with E-state index in [9.17, 15) is 0 Å². The van der Waals surface area contributed by atoms with Gasteiger partial charge in [-0.25, -0.2) is 0 Å². The van der Waals surface area contributed by atoms with E-state index in [4.69, 9.17) is 27.9 Å².